The second-order valence-corrected chi connectivity index (χ2v) is 4.58. The van der Waals surface area contributed by atoms with Crippen molar-refractivity contribution in [1.82, 2.24) is 0 Å². The molecular formula is C16H11NO5. The molecule has 0 radical (unpaired) electrons. The minimum atomic E-state index is -0.481. The molecule has 22 heavy (non-hydrogen) atoms. The van der Waals surface area contributed by atoms with E-state index in [-0.39, 0.29) is 18.3 Å². The lowest BCUT2D eigenvalue weighted by Crippen LogP contribution is -1.95. The Balaban J connectivity index is 1.84. The van der Waals surface area contributed by atoms with Crippen LogP contribution in [0.1, 0.15) is 15.9 Å². The third-order valence-corrected chi connectivity index (χ3v) is 3.20. The van der Waals surface area contributed by atoms with E-state index >= 15 is 0 Å². The summed E-state index contributed by atoms with van der Waals surface area (Å²) in [6.45, 7) is 0.138. The number of fused-ring (bicyclic) bond motifs is 1. The molecule has 0 atom stereocenters. The van der Waals surface area contributed by atoms with Gasteiger partial charge in [-0.3, -0.25) is 14.9 Å². The SMILES string of the molecule is O=C(/C=C/c1ccccc1[N+](=O)[O-])c1ccc2c(c1)OCO2. The summed E-state index contributed by atoms with van der Waals surface area (Å²) in [6.07, 6.45) is 2.74. The highest BCUT2D eigenvalue weighted by Gasteiger charge is 2.15. The molecule has 0 aromatic heterocycles. The minimum Gasteiger partial charge on any atom is -0.454 e. The maximum atomic E-state index is 12.1. The van der Waals surface area contributed by atoms with Gasteiger partial charge in [0.1, 0.15) is 0 Å². The molecule has 110 valence electrons. The molecule has 0 fully saturated rings. The molecule has 0 spiro atoms. The third kappa shape index (κ3) is 2.67. The van der Waals surface area contributed by atoms with Gasteiger partial charge in [-0.1, -0.05) is 12.1 Å². The fraction of sp³-hybridized carbons (Fsp3) is 0.0625. The van der Waals surface area contributed by atoms with Crippen LogP contribution in [0.4, 0.5) is 5.69 Å². The number of para-hydroxylation sites is 1. The highest BCUT2D eigenvalue weighted by Crippen LogP contribution is 2.32. The van der Waals surface area contributed by atoms with Crippen molar-refractivity contribution in [2.45, 2.75) is 0 Å². The summed E-state index contributed by atoms with van der Waals surface area (Å²) in [5, 5.41) is 10.9. The number of allylic oxidation sites excluding steroid dienone is 1. The number of ketones is 1. The van der Waals surface area contributed by atoms with Gasteiger partial charge >= 0.3 is 0 Å². The lowest BCUT2D eigenvalue weighted by molar-refractivity contribution is -0.385. The second-order valence-electron chi connectivity index (χ2n) is 4.58. The fourth-order valence-electron chi connectivity index (χ4n) is 2.11. The molecule has 0 saturated carbocycles. The summed E-state index contributed by atoms with van der Waals surface area (Å²) >= 11 is 0. The number of benzene rings is 2. The van der Waals surface area contributed by atoms with E-state index < -0.39 is 4.92 Å². The molecule has 0 bridgehead atoms. The van der Waals surface area contributed by atoms with Crippen LogP contribution in [0.25, 0.3) is 6.08 Å². The van der Waals surface area contributed by atoms with E-state index in [0.717, 1.165) is 0 Å². The smallest absolute Gasteiger partial charge is 0.276 e. The number of nitro groups is 1. The molecule has 1 aliphatic heterocycles. The Labute approximate surface area is 125 Å². The fourth-order valence-corrected chi connectivity index (χ4v) is 2.11. The number of rotatable bonds is 4. The predicted octanol–water partition coefficient (Wildman–Crippen LogP) is 3.22. The molecule has 2 aromatic carbocycles. The van der Waals surface area contributed by atoms with Crippen LogP contribution < -0.4 is 9.47 Å². The number of hydrogen-bond donors (Lipinski definition) is 0. The molecule has 0 amide bonds. The van der Waals surface area contributed by atoms with Crippen molar-refractivity contribution in [3.63, 3.8) is 0 Å². The Morgan fingerprint density at radius 2 is 1.91 bits per heavy atom. The maximum absolute atomic E-state index is 12.1. The van der Waals surface area contributed by atoms with Crippen molar-refractivity contribution in [2.24, 2.45) is 0 Å². The number of hydrogen-bond acceptors (Lipinski definition) is 5. The largest absolute Gasteiger partial charge is 0.454 e. The minimum absolute atomic E-state index is 0.0442. The lowest BCUT2D eigenvalue weighted by atomic mass is 10.1. The maximum Gasteiger partial charge on any atom is 0.276 e. The van der Waals surface area contributed by atoms with Gasteiger partial charge in [0.2, 0.25) is 6.79 Å². The summed E-state index contributed by atoms with van der Waals surface area (Å²) in [5.41, 5.74) is 0.762. The summed E-state index contributed by atoms with van der Waals surface area (Å²) in [6, 6.07) is 11.1. The zero-order chi connectivity index (χ0) is 15.5. The predicted molar refractivity (Wildman–Crippen MR) is 79.0 cm³/mol. The van der Waals surface area contributed by atoms with E-state index in [1.54, 1.807) is 36.4 Å². The standard InChI is InChI=1S/C16H11NO5/c18-14(12-6-8-15-16(9-12)22-10-21-15)7-5-11-3-1-2-4-13(11)17(19)20/h1-9H,10H2/b7-5+. The van der Waals surface area contributed by atoms with Gasteiger partial charge in [-0.15, -0.1) is 0 Å². The molecule has 1 aliphatic rings. The van der Waals surface area contributed by atoms with Crippen LogP contribution in [-0.2, 0) is 0 Å². The van der Waals surface area contributed by atoms with Crippen LogP contribution in [0.5, 0.6) is 11.5 Å². The Hall–Kier alpha value is -3.15. The number of ether oxygens (including phenoxy) is 2. The topological polar surface area (TPSA) is 78.7 Å². The molecule has 0 N–H and O–H groups in total. The van der Waals surface area contributed by atoms with E-state index in [1.165, 1.54) is 18.2 Å². The second kappa shape index (κ2) is 5.69. The van der Waals surface area contributed by atoms with E-state index in [1.807, 2.05) is 0 Å². The number of nitro benzene ring substituents is 1. The van der Waals surface area contributed by atoms with Crippen LogP contribution in [0.2, 0.25) is 0 Å². The Morgan fingerprint density at radius 3 is 2.73 bits per heavy atom. The van der Waals surface area contributed by atoms with Crippen LogP contribution >= 0.6 is 0 Å². The van der Waals surface area contributed by atoms with Crippen molar-refractivity contribution in [1.29, 1.82) is 0 Å². The van der Waals surface area contributed by atoms with Crippen LogP contribution in [0, 0.1) is 10.1 Å². The van der Waals surface area contributed by atoms with Gasteiger partial charge in [-0.05, 0) is 36.4 Å². The first kappa shape index (κ1) is 13.8. The van der Waals surface area contributed by atoms with E-state index in [9.17, 15) is 14.9 Å². The normalized spacial score (nSPS) is 12.5. The van der Waals surface area contributed by atoms with Crippen LogP contribution in [-0.4, -0.2) is 17.5 Å². The Morgan fingerprint density at radius 1 is 1.14 bits per heavy atom. The molecule has 0 saturated heterocycles. The van der Waals surface area contributed by atoms with Crippen LogP contribution in [0.3, 0.4) is 0 Å². The van der Waals surface area contributed by atoms with E-state index in [2.05, 4.69) is 0 Å². The van der Waals surface area contributed by atoms with E-state index in [0.29, 0.717) is 22.6 Å². The van der Waals surface area contributed by atoms with Crippen molar-refractivity contribution in [3.8, 4) is 11.5 Å². The highest BCUT2D eigenvalue weighted by atomic mass is 16.7. The van der Waals surface area contributed by atoms with Gasteiger partial charge in [0.25, 0.3) is 5.69 Å². The first-order valence-corrected chi connectivity index (χ1v) is 6.50. The molecule has 0 aliphatic carbocycles. The molecule has 6 heteroatoms. The average molecular weight is 297 g/mol. The molecule has 6 nitrogen and oxygen atoms in total. The van der Waals surface area contributed by atoms with Crippen LogP contribution in [0.15, 0.2) is 48.5 Å². The summed E-state index contributed by atoms with van der Waals surface area (Å²) in [5.74, 6) is 0.848. The van der Waals surface area contributed by atoms with E-state index in [4.69, 9.17) is 9.47 Å². The highest BCUT2D eigenvalue weighted by molar-refractivity contribution is 6.07. The Kier molecular flexibility index (Phi) is 3.57. The van der Waals surface area contributed by atoms with Crippen molar-refractivity contribution in [2.75, 3.05) is 6.79 Å². The number of nitrogens with zero attached hydrogens (tertiary/aromatic N) is 1. The van der Waals surface area contributed by atoms with Crippen molar-refractivity contribution >= 4 is 17.5 Å². The average Bonchev–Trinajstić information content (AvgIpc) is 3.00. The molecule has 0 unspecified atom stereocenters. The quantitative estimate of drug-likeness (QED) is 0.375. The summed E-state index contributed by atoms with van der Waals surface area (Å²) < 4.78 is 10.4. The summed E-state index contributed by atoms with van der Waals surface area (Å²) in [7, 11) is 0. The summed E-state index contributed by atoms with van der Waals surface area (Å²) in [4.78, 5) is 22.6. The molecular weight excluding hydrogens is 286 g/mol. The van der Waals surface area contributed by atoms with Crippen molar-refractivity contribution < 1.29 is 19.2 Å². The van der Waals surface area contributed by atoms with Gasteiger partial charge in [-0.25, -0.2) is 0 Å². The van der Waals surface area contributed by atoms with Gasteiger partial charge in [0.15, 0.2) is 17.3 Å². The number of carbonyl (C=O) groups excluding carboxylic acids is 1. The van der Waals surface area contributed by atoms with Gasteiger partial charge in [-0.2, -0.15) is 0 Å². The first-order chi connectivity index (χ1) is 10.6. The monoisotopic (exact) mass is 297 g/mol. The van der Waals surface area contributed by atoms with Gasteiger partial charge in [0, 0.05) is 11.6 Å². The zero-order valence-corrected chi connectivity index (χ0v) is 11.4. The zero-order valence-electron chi connectivity index (χ0n) is 11.4. The lowest BCUT2D eigenvalue weighted by Gasteiger charge is -1.99. The number of carbonyl (C=O) groups is 1. The third-order valence-electron chi connectivity index (χ3n) is 3.20. The first-order valence-electron chi connectivity index (χ1n) is 6.50. The molecule has 3 rings (SSSR count). The van der Waals surface area contributed by atoms with Gasteiger partial charge in [0.05, 0.1) is 10.5 Å². The molecule has 1 heterocycles. The van der Waals surface area contributed by atoms with Crippen molar-refractivity contribution in [3.05, 3.63) is 69.8 Å². The Bertz CT molecular complexity index is 782. The van der Waals surface area contributed by atoms with Gasteiger partial charge < -0.3 is 9.47 Å². The molecule has 2 aromatic rings.